The van der Waals surface area contributed by atoms with Crippen LogP contribution in [0.15, 0.2) is 11.6 Å². The van der Waals surface area contributed by atoms with Gasteiger partial charge in [0.25, 0.3) is 0 Å². The van der Waals surface area contributed by atoms with E-state index in [1.54, 1.807) is 13.8 Å². The third kappa shape index (κ3) is 3.60. The molecular formula is C30H52O4. The van der Waals surface area contributed by atoms with Crippen LogP contribution in [0.3, 0.4) is 0 Å². The van der Waals surface area contributed by atoms with Crippen molar-refractivity contribution in [3.05, 3.63) is 11.6 Å². The zero-order chi connectivity index (χ0) is 25.5. The minimum absolute atomic E-state index is 0.0603. The lowest BCUT2D eigenvalue weighted by Crippen LogP contribution is -2.64. The van der Waals surface area contributed by atoms with Gasteiger partial charge >= 0.3 is 0 Å². The monoisotopic (exact) mass is 476 g/mol. The van der Waals surface area contributed by atoms with E-state index in [2.05, 4.69) is 47.6 Å². The standard InChI is InChI=1S/C30H52O4/c1-18(9-13-24(32)27(4,5)34)19-15-16-28(6)22-12-10-20-21(11-14-23(31)26(20,2)3)30(22,8)25(33)17-29(19,28)7/h10,18-19,21-25,31-34H,9,11-17H2,1-8H3/t18-,19-,21?,22+,23?,24?,25?,28+,29-,30?/m1/s1. The fourth-order valence-electron chi connectivity index (χ4n) is 9.64. The van der Waals surface area contributed by atoms with E-state index in [1.807, 2.05) is 0 Å². The first kappa shape index (κ1) is 26.6. The summed E-state index contributed by atoms with van der Waals surface area (Å²) in [6, 6.07) is 0. The molecule has 10 atom stereocenters. The largest absolute Gasteiger partial charge is 0.393 e. The number of fused-ring (bicyclic) bond motifs is 5. The van der Waals surface area contributed by atoms with Gasteiger partial charge in [0.2, 0.25) is 0 Å². The minimum atomic E-state index is -1.07. The molecule has 0 saturated heterocycles. The van der Waals surface area contributed by atoms with Crippen molar-refractivity contribution in [2.75, 3.05) is 0 Å². The molecule has 4 heteroatoms. The summed E-state index contributed by atoms with van der Waals surface area (Å²) in [4.78, 5) is 0. The van der Waals surface area contributed by atoms with Crippen LogP contribution in [0.25, 0.3) is 0 Å². The van der Waals surface area contributed by atoms with Crippen LogP contribution < -0.4 is 0 Å². The predicted molar refractivity (Wildman–Crippen MR) is 137 cm³/mol. The number of hydrogen-bond acceptors (Lipinski definition) is 4. The van der Waals surface area contributed by atoms with Crippen LogP contribution in [0, 0.1) is 45.3 Å². The lowest BCUT2D eigenvalue weighted by molar-refractivity contribution is -0.204. The van der Waals surface area contributed by atoms with Gasteiger partial charge in [-0.05, 0) is 99.7 Å². The summed E-state index contributed by atoms with van der Waals surface area (Å²) in [5.41, 5.74) is 0.184. The van der Waals surface area contributed by atoms with Gasteiger partial charge in [-0.1, -0.05) is 53.2 Å². The topological polar surface area (TPSA) is 80.9 Å². The van der Waals surface area contributed by atoms with Gasteiger partial charge < -0.3 is 20.4 Å². The van der Waals surface area contributed by atoms with Crippen LogP contribution in [0.2, 0.25) is 0 Å². The van der Waals surface area contributed by atoms with Gasteiger partial charge in [-0.25, -0.2) is 0 Å². The average Bonchev–Trinajstić information content (AvgIpc) is 2.99. The maximum absolute atomic E-state index is 11.9. The van der Waals surface area contributed by atoms with E-state index in [1.165, 1.54) is 18.4 Å². The summed E-state index contributed by atoms with van der Waals surface area (Å²) in [6.45, 7) is 17.4. The second-order valence-electron chi connectivity index (χ2n) is 14.6. The van der Waals surface area contributed by atoms with Crippen molar-refractivity contribution in [3.63, 3.8) is 0 Å². The normalized spacial score (nSPS) is 47.8. The van der Waals surface area contributed by atoms with Gasteiger partial charge in [-0.15, -0.1) is 0 Å². The number of hydrogen-bond donors (Lipinski definition) is 4. The van der Waals surface area contributed by atoms with E-state index in [4.69, 9.17) is 0 Å². The van der Waals surface area contributed by atoms with E-state index in [0.717, 1.165) is 32.1 Å². The van der Waals surface area contributed by atoms with Crippen molar-refractivity contribution < 1.29 is 20.4 Å². The van der Waals surface area contributed by atoms with E-state index >= 15 is 0 Å². The van der Waals surface area contributed by atoms with E-state index in [0.29, 0.717) is 30.1 Å². The fourth-order valence-corrected chi connectivity index (χ4v) is 9.64. The SMILES string of the molecule is C[C@H](CCC(O)C(C)(C)O)[C@H]1CC[C@@]2(C)[C@@H]3CC=C4C(CCC(O)C4(C)C)C3(C)C(O)C[C@]12C. The maximum atomic E-state index is 11.9. The van der Waals surface area contributed by atoms with Gasteiger partial charge in [-0.3, -0.25) is 0 Å². The number of aliphatic hydroxyl groups excluding tert-OH is 3. The van der Waals surface area contributed by atoms with Gasteiger partial charge in [-0.2, -0.15) is 0 Å². The molecule has 196 valence electrons. The zero-order valence-corrected chi connectivity index (χ0v) is 23.1. The quantitative estimate of drug-likeness (QED) is 0.397. The predicted octanol–water partition coefficient (Wildman–Crippen LogP) is 5.47. The van der Waals surface area contributed by atoms with Crippen molar-refractivity contribution in [1.29, 1.82) is 0 Å². The molecular weight excluding hydrogens is 424 g/mol. The maximum Gasteiger partial charge on any atom is 0.0849 e. The van der Waals surface area contributed by atoms with Crippen molar-refractivity contribution >= 4 is 0 Å². The molecule has 0 aliphatic heterocycles. The third-order valence-electron chi connectivity index (χ3n) is 12.4. The van der Waals surface area contributed by atoms with Crippen LogP contribution in [0.1, 0.15) is 107 Å². The Morgan fingerprint density at radius 2 is 1.62 bits per heavy atom. The van der Waals surface area contributed by atoms with E-state index in [9.17, 15) is 20.4 Å². The first-order valence-corrected chi connectivity index (χ1v) is 14.0. The molecule has 34 heavy (non-hydrogen) atoms. The van der Waals surface area contributed by atoms with E-state index in [-0.39, 0.29) is 33.9 Å². The highest BCUT2D eigenvalue weighted by Crippen LogP contribution is 2.74. The highest BCUT2D eigenvalue weighted by Gasteiger charge is 2.70. The third-order valence-corrected chi connectivity index (χ3v) is 12.4. The Hall–Kier alpha value is -0.420. The van der Waals surface area contributed by atoms with Gasteiger partial charge in [0.05, 0.1) is 23.9 Å². The van der Waals surface area contributed by atoms with Crippen LogP contribution in [0.4, 0.5) is 0 Å². The van der Waals surface area contributed by atoms with Gasteiger partial charge in [0.1, 0.15) is 0 Å². The fraction of sp³-hybridized carbons (Fsp3) is 0.933. The highest BCUT2D eigenvalue weighted by molar-refractivity contribution is 5.31. The summed E-state index contributed by atoms with van der Waals surface area (Å²) in [7, 11) is 0. The second kappa shape index (κ2) is 8.30. The van der Waals surface area contributed by atoms with Crippen molar-refractivity contribution in [3.8, 4) is 0 Å². The molecule has 3 saturated carbocycles. The summed E-state index contributed by atoms with van der Waals surface area (Å²) >= 11 is 0. The number of rotatable bonds is 5. The molecule has 0 aromatic heterocycles. The summed E-state index contributed by atoms with van der Waals surface area (Å²) < 4.78 is 0. The Labute approximate surface area is 208 Å². The molecule has 0 aromatic carbocycles. The summed E-state index contributed by atoms with van der Waals surface area (Å²) in [6.07, 6.45) is 8.64. The van der Waals surface area contributed by atoms with Gasteiger partial charge in [0.15, 0.2) is 0 Å². The van der Waals surface area contributed by atoms with Crippen molar-refractivity contribution in [1.82, 2.24) is 0 Å². The van der Waals surface area contributed by atoms with Crippen LogP contribution in [0.5, 0.6) is 0 Å². The first-order valence-electron chi connectivity index (χ1n) is 14.0. The molecule has 5 unspecified atom stereocenters. The molecule has 4 aliphatic rings. The van der Waals surface area contributed by atoms with Crippen molar-refractivity contribution in [2.45, 2.75) is 131 Å². The smallest absolute Gasteiger partial charge is 0.0849 e. The number of allylic oxidation sites excluding steroid dienone is 1. The van der Waals surface area contributed by atoms with Crippen LogP contribution in [-0.2, 0) is 0 Å². The molecule has 0 radical (unpaired) electrons. The second-order valence-corrected chi connectivity index (χ2v) is 14.6. The Morgan fingerprint density at radius 3 is 2.24 bits per heavy atom. The van der Waals surface area contributed by atoms with Crippen LogP contribution in [-0.4, -0.2) is 44.3 Å². The van der Waals surface area contributed by atoms with Crippen molar-refractivity contribution in [2.24, 2.45) is 45.3 Å². The highest BCUT2D eigenvalue weighted by atomic mass is 16.3. The lowest BCUT2D eigenvalue weighted by atomic mass is 9.38. The Morgan fingerprint density at radius 1 is 0.971 bits per heavy atom. The van der Waals surface area contributed by atoms with E-state index < -0.39 is 11.7 Å². The molecule has 0 aromatic rings. The molecule has 0 spiro atoms. The molecule has 3 fully saturated rings. The molecule has 0 bridgehead atoms. The average molecular weight is 477 g/mol. The number of aliphatic hydroxyl groups is 4. The first-order chi connectivity index (χ1) is 15.5. The molecule has 0 amide bonds. The Bertz CT molecular complexity index is 811. The molecule has 4 aliphatic carbocycles. The van der Waals surface area contributed by atoms with Gasteiger partial charge in [0, 0.05) is 10.8 Å². The Balaban J connectivity index is 1.63. The molecule has 0 heterocycles. The molecule has 4 rings (SSSR count). The summed E-state index contributed by atoms with van der Waals surface area (Å²) in [5.74, 6) is 1.74. The molecule has 4 N–H and O–H groups in total. The minimum Gasteiger partial charge on any atom is -0.393 e. The molecule has 4 nitrogen and oxygen atoms in total. The summed E-state index contributed by atoms with van der Waals surface area (Å²) in [5, 5.41) is 43.3. The lowest BCUT2D eigenvalue weighted by Gasteiger charge is -2.67. The zero-order valence-electron chi connectivity index (χ0n) is 23.1. The Kier molecular flexibility index (Phi) is 6.50. The van der Waals surface area contributed by atoms with Crippen LogP contribution >= 0.6 is 0 Å².